The molecule has 0 saturated carbocycles. The molecule has 0 aliphatic rings. The highest BCUT2D eigenvalue weighted by Gasteiger charge is 2.15. The van der Waals surface area contributed by atoms with Gasteiger partial charge in [0.15, 0.2) is 5.82 Å². The smallest absolute Gasteiger partial charge is 0.339 e. The average molecular weight is 463 g/mol. The number of carbonyl (C=O) groups excluding carboxylic acids is 2. The maximum atomic E-state index is 12.2. The standard InChI is InChI=1S/C18H15BrN4O4S/c1-27-17(26)11-4-2-3-5-13(11)20-15(25)9-28-18-21-16(22-23-18)12-8-10(19)6-7-14(12)24/h2-8,24H,9H2,1H3,(H,20,25)(H,21,22,23). The van der Waals surface area contributed by atoms with Crippen LogP contribution in [0.1, 0.15) is 10.4 Å². The van der Waals surface area contributed by atoms with Gasteiger partial charge in [0.1, 0.15) is 5.75 Å². The molecule has 0 spiro atoms. The van der Waals surface area contributed by atoms with Crippen LogP contribution in [0.3, 0.4) is 0 Å². The minimum absolute atomic E-state index is 0.0390. The number of halogens is 1. The number of H-pyrrole nitrogens is 1. The number of benzene rings is 2. The van der Waals surface area contributed by atoms with Gasteiger partial charge in [-0.1, -0.05) is 39.8 Å². The number of thioether (sulfide) groups is 1. The summed E-state index contributed by atoms with van der Waals surface area (Å²) in [4.78, 5) is 28.3. The van der Waals surface area contributed by atoms with Crippen molar-refractivity contribution in [2.24, 2.45) is 0 Å². The van der Waals surface area contributed by atoms with Gasteiger partial charge in [-0.2, -0.15) is 0 Å². The molecular formula is C18H15BrN4O4S. The first-order valence-corrected chi connectivity index (χ1v) is 9.77. The van der Waals surface area contributed by atoms with Crippen molar-refractivity contribution in [3.05, 3.63) is 52.5 Å². The number of hydrogen-bond donors (Lipinski definition) is 3. The van der Waals surface area contributed by atoms with Crippen LogP contribution in [0, 0.1) is 0 Å². The van der Waals surface area contributed by atoms with Crippen molar-refractivity contribution in [2.75, 3.05) is 18.2 Å². The topological polar surface area (TPSA) is 117 Å². The number of amides is 1. The Labute approximate surface area is 172 Å². The summed E-state index contributed by atoms with van der Waals surface area (Å²) in [5.41, 5.74) is 1.13. The highest BCUT2D eigenvalue weighted by Crippen LogP contribution is 2.30. The molecular weight excluding hydrogens is 448 g/mol. The van der Waals surface area contributed by atoms with Crippen molar-refractivity contribution in [1.29, 1.82) is 0 Å². The summed E-state index contributed by atoms with van der Waals surface area (Å²) in [6.07, 6.45) is 0. The molecule has 8 nitrogen and oxygen atoms in total. The molecule has 0 radical (unpaired) electrons. The van der Waals surface area contributed by atoms with Crippen LogP contribution in [0.5, 0.6) is 5.75 Å². The number of nitrogens with zero attached hydrogens (tertiary/aromatic N) is 2. The predicted octanol–water partition coefficient (Wildman–Crippen LogP) is 3.46. The van der Waals surface area contributed by atoms with Crippen molar-refractivity contribution in [3.8, 4) is 17.1 Å². The highest BCUT2D eigenvalue weighted by atomic mass is 79.9. The molecule has 0 fully saturated rings. The molecule has 2 aromatic carbocycles. The van der Waals surface area contributed by atoms with Gasteiger partial charge >= 0.3 is 5.97 Å². The molecule has 28 heavy (non-hydrogen) atoms. The first-order valence-electron chi connectivity index (χ1n) is 7.99. The third-order valence-electron chi connectivity index (χ3n) is 3.62. The van der Waals surface area contributed by atoms with Gasteiger partial charge in [-0.25, -0.2) is 9.78 Å². The number of methoxy groups -OCH3 is 1. The van der Waals surface area contributed by atoms with E-state index in [9.17, 15) is 14.7 Å². The van der Waals surface area contributed by atoms with E-state index in [4.69, 9.17) is 4.74 Å². The molecule has 1 heterocycles. The van der Waals surface area contributed by atoms with Gasteiger partial charge in [0, 0.05) is 4.47 Å². The lowest BCUT2D eigenvalue weighted by Crippen LogP contribution is -2.17. The van der Waals surface area contributed by atoms with Crippen LogP contribution in [-0.4, -0.2) is 45.0 Å². The number of hydrogen-bond acceptors (Lipinski definition) is 7. The molecule has 10 heteroatoms. The van der Waals surface area contributed by atoms with Gasteiger partial charge in [0.05, 0.1) is 29.7 Å². The lowest BCUT2D eigenvalue weighted by atomic mass is 10.2. The molecule has 3 rings (SSSR count). The van der Waals surface area contributed by atoms with Crippen molar-refractivity contribution in [1.82, 2.24) is 15.2 Å². The van der Waals surface area contributed by atoms with Crippen molar-refractivity contribution in [3.63, 3.8) is 0 Å². The largest absolute Gasteiger partial charge is 0.507 e. The van der Waals surface area contributed by atoms with Crippen molar-refractivity contribution < 1.29 is 19.4 Å². The van der Waals surface area contributed by atoms with E-state index in [0.717, 1.165) is 16.2 Å². The number of aromatic amines is 1. The summed E-state index contributed by atoms with van der Waals surface area (Å²) in [6.45, 7) is 0. The zero-order valence-corrected chi connectivity index (χ0v) is 17.0. The fourth-order valence-electron chi connectivity index (χ4n) is 2.33. The average Bonchev–Trinajstić information content (AvgIpc) is 3.17. The van der Waals surface area contributed by atoms with E-state index in [2.05, 4.69) is 36.4 Å². The Morgan fingerprint density at radius 2 is 2.07 bits per heavy atom. The van der Waals surface area contributed by atoms with E-state index in [1.807, 2.05) is 0 Å². The quantitative estimate of drug-likeness (QED) is 0.379. The van der Waals surface area contributed by atoms with Gasteiger partial charge in [-0.05, 0) is 30.3 Å². The van der Waals surface area contributed by atoms with Crippen LogP contribution < -0.4 is 5.32 Å². The van der Waals surface area contributed by atoms with Crippen LogP contribution in [0.4, 0.5) is 5.69 Å². The molecule has 0 atom stereocenters. The number of aromatic hydroxyl groups is 1. The number of esters is 1. The SMILES string of the molecule is COC(=O)c1ccccc1NC(=O)CSc1n[nH]c(-c2cc(Br)ccc2O)n1. The van der Waals surface area contributed by atoms with Crippen molar-refractivity contribution in [2.45, 2.75) is 5.16 Å². The Hall–Kier alpha value is -2.85. The number of carbonyl (C=O) groups is 2. The number of ether oxygens (including phenoxy) is 1. The summed E-state index contributed by atoms with van der Waals surface area (Å²) in [5, 5.41) is 19.8. The predicted molar refractivity (Wildman–Crippen MR) is 108 cm³/mol. The van der Waals surface area contributed by atoms with E-state index in [1.54, 1.807) is 42.5 Å². The molecule has 0 aliphatic heterocycles. The van der Waals surface area contributed by atoms with Crippen LogP contribution in [0.2, 0.25) is 0 Å². The van der Waals surface area contributed by atoms with Gasteiger partial charge in [0.25, 0.3) is 0 Å². The molecule has 0 saturated heterocycles. The molecule has 1 aromatic heterocycles. The second kappa shape index (κ2) is 8.89. The zero-order valence-electron chi connectivity index (χ0n) is 14.6. The van der Waals surface area contributed by atoms with Crippen LogP contribution in [-0.2, 0) is 9.53 Å². The van der Waals surface area contributed by atoms with Crippen LogP contribution >= 0.6 is 27.7 Å². The monoisotopic (exact) mass is 462 g/mol. The van der Waals surface area contributed by atoms with Gasteiger partial charge in [-0.3, -0.25) is 9.89 Å². The maximum Gasteiger partial charge on any atom is 0.339 e. The lowest BCUT2D eigenvalue weighted by molar-refractivity contribution is -0.113. The van der Waals surface area contributed by atoms with E-state index >= 15 is 0 Å². The summed E-state index contributed by atoms with van der Waals surface area (Å²) in [6, 6.07) is 11.5. The number of anilines is 1. The lowest BCUT2D eigenvalue weighted by Gasteiger charge is -2.08. The zero-order chi connectivity index (χ0) is 20.1. The Kier molecular flexibility index (Phi) is 6.32. The number of nitrogens with one attached hydrogen (secondary N) is 2. The number of aromatic nitrogens is 3. The number of phenols is 1. The summed E-state index contributed by atoms with van der Waals surface area (Å²) in [7, 11) is 1.28. The first kappa shape index (κ1) is 19.9. The Morgan fingerprint density at radius 1 is 1.29 bits per heavy atom. The van der Waals surface area contributed by atoms with Crippen LogP contribution in [0.25, 0.3) is 11.4 Å². The van der Waals surface area contributed by atoms with E-state index in [-0.39, 0.29) is 23.0 Å². The minimum Gasteiger partial charge on any atom is -0.507 e. The fourth-order valence-corrected chi connectivity index (χ4v) is 3.29. The summed E-state index contributed by atoms with van der Waals surface area (Å²) < 4.78 is 5.49. The molecule has 0 unspecified atom stereocenters. The Bertz CT molecular complexity index is 1020. The van der Waals surface area contributed by atoms with Gasteiger partial charge in [0.2, 0.25) is 11.1 Å². The molecule has 1 amide bonds. The van der Waals surface area contributed by atoms with Gasteiger partial charge in [-0.15, -0.1) is 5.10 Å². The second-order valence-electron chi connectivity index (χ2n) is 5.50. The van der Waals surface area contributed by atoms with Crippen molar-refractivity contribution >= 4 is 45.3 Å². The van der Waals surface area contributed by atoms with E-state index < -0.39 is 5.97 Å². The van der Waals surface area contributed by atoms with E-state index in [0.29, 0.717) is 22.2 Å². The third kappa shape index (κ3) is 4.70. The molecule has 3 aromatic rings. The minimum atomic E-state index is -0.531. The summed E-state index contributed by atoms with van der Waals surface area (Å²) in [5.74, 6) is -0.364. The second-order valence-corrected chi connectivity index (χ2v) is 7.36. The molecule has 3 N–H and O–H groups in total. The molecule has 0 aliphatic carbocycles. The van der Waals surface area contributed by atoms with Gasteiger partial charge < -0.3 is 15.2 Å². The number of para-hydroxylation sites is 1. The first-order chi connectivity index (χ1) is 13.5. The highest BCUT2D eigenvalue weighted by molar-refractivity contribution is 9.10. The Balaban J connectivity index is 1.64. The maximum absolute atomic E-state index is 12.2. The molecule has 0 bridgehead atoms. The number of rotatable bonds is 6. The number of phenolic OH excluding ortho intramolecular Hbond substituents is 1. The Morgan fingerprint density at radius 3 is 2.86 bits per heavy atom. The van der Waals surface area contributed by atoms with Crippen LogP contribution in [0.15, 0.2) is 52.1 Å². The molecule has 144 valence electrons. The fraction of sp³-hybridized carbons (Fsp3) is 0.111. The van der Waals surface area contributed by atoms with E-state index in [1.165, 1.54) is 7.11 Å². The third-order valence-corrected chi connectivity index (χ3v) is 4.96. The normalized spacial score (nSPS) is 10.5. The summed E-state index contributed by atoms with van der Waals surface area (Å²) >= 11 is 4.46.